The van der Waals surface area contributed by atoms with Crippen molar-refractivity contribution in [3.05, 3.63) is 23.8 Å². The molecule has 174 valence electrons. The number of benzene rings is 1. The lowest BCUT2D eigenvalue weighted by Crippen LogP contribution is -2.20. The monoisotopic (exact) mass is 441 g/mol. The van der Waals surface area contributed by atoms with Crippen molar-refractivity contribution in [2.24, 2.45) is 0 Å². The summed E-state index contributed by atoms with van der Waals surface area (Å²) in [7, 11) is -4.02. The standard InChI is InChI=1S/C24H43NO4S/c1-2-3-4-5-6-7-8-9-10-11-12-13-16-23(30(27,28)29)17-14-15-21-18-19-22(26)20-24(21)25/h18-20,23,26H,2-17,25H2,1H3,(H,27,28,29). The molecule has 0 bridgehead atoms. The number of phenols is 1. The number of aromatic hydroxyl groups is 1. The van der Waals surface area contributed by atoms with Crippen molar-refractivity contribution in [2.45, 2.75) is 115 Å². The fourth-order valence-electron chi connectivity index (χ4n) is 3.99. The van der Waals surface area contributed by atoms with Crippen LogP contribution in [0.4, 0.5) is 5.69 Å². The Balaban J connectivity index is 2.15. The van der Waals surface area contributed by atoms with Gasteiger partial charge in [0.25, 0.3) is 10.1 Å². The van der Waals surface area contributed by atoms with E-state index in [0.29, 0.717) is 31.4 Å². The Hall–Kier alpha value is -1.27. The molecule has 0 saturated carbocycles. The van der Waals surface area contributed by atoms with E-state index in [4.69, 9.17) is 5.73 Å². The van der Waals surface area contributed by atoms with E-state index in [1.165, 1.54) is 63.9 Å². The summed E-state index contributed by atoms with van der Waals surface area (Å²) in [5, 5.41) is 8.71. The Bertz CT molecular complexity index is 676. The van der Waals surface area contributed by atoms with Crippen LogP contribution in [0.2, 0.25) is 0 Å². The van der Waals surface area contributed by atoms with E-state index < -0.39 is 15.4 Å². The van der Waals surface area contributed by atoms with E-state index in [1.807, 2.05) is 0 Å². The van der Waals surface area contributed by atoms with Crippen molar-refractivity contribution in [1.82, 2.24) is 0 Å². The molecule has 0 radical (unpaired) electrons. The van der Waals surface area contributed by atoms with Gasteiger partial charge in [0.05, 0.1) is 5.25 Å². The van der Waals surface area contributed by atoms with E-state index >= 15 is 0 Å². The number of nitrogen functional groups attached to an aromatic ring is 1. The van der Waals surface area contributed by atoms with E-state index in [9.17, 15) is 18.1 Å². The van der Waals surface area contributed by atoms with Crippen LogP contribution < -0.4 is 5.73 Å². The van der Waals surface area contributed by atoms with E-state index in [-0.39, 0.29) is 5.75 Å². The van der Waals surface area contributed by atoms with E-state index in [1.54, 1.807) is 12.1 Å². The summed E-state index contributed by atoms with van der Waals surface area (Å²) < 4.78 is 33.0. The lowest BCUT2D eigenvalue weighted by atomic mass is 10.0. The normalized spacial score (nSPS) is 12.9. The second-order valence-corrected chi connectivity index (χ2v) is 10.3. The second kappa shape index (κ2) is 15.5. The fourth-order valence-corrected chi connectivity index (χ4v) is 4.91. The average molecular weight is 442 g/mol. The van der Waals surface area contributed by atoms with Crippen molar-refractivity contribution in [3.8, 4) is 5.75 Å². The number of aryl methyl sites for hydroxylation is 1. The Morgan fingerprint density at radius 1 is 0.833 bits per heavy atom. The number of rotatable bonds is 18. The summed E-state index contributed by atoms with van der Waals surface area (Å²) in [6.07, 6.45) is 17.1. The topological polar surface area (TPSA) is 101 Å². The minimum absolute atomic E-state index is 0.124. The molecule has 0 saturated heterocycles. The van der Waals surface area contributed by atoms with Crippen LogP contribution in [0.3, 0.4) is 0 Å². The molecule has 5 nitrogen and oxygen atoms in total. The molecule has 6 heteroatoms. The van der Waals surface area contributed by atoms with Gasteiger partial charge in [-0.1, -0.05) is 90.0 Å². The van der Waals surface area contributed by atoms with E-state index in [0.717, 1.165) is 24.8 Å². The van der Waals surface area contributed by atoms with Crippen LogP contribution in [0, 0.1) is 0 Å². The third-order valence-corrected chi connectivity index (χ3v) is 7.22. The quantitative estimate of drug-likeness (QED) is 0.135. The lowest BCUT2D eigenvalue weighted by molar-refractivity contribution is 0.446. The molecule has 1 aromatic carbocycles. The highest BCUT2D eigenvalue weighted by Gasteiger charge is 2.22. The van der Waals surface area contributed by atoms with Crippen molar-refractivity contribution in [1.29, 1.82) is 0 Å². The van der Waals surface area contributed by atoms with Crippen LogP contribution in [-0.2, 0) is 16.5 Å². The highest BCUT2D eigenvalue weighted by molar-refractivity contribution is 7.86. The maximum atomic E-state index is 11.7. The molecule has 0 fully saturated rings. The molecule has 0 spiro atoms. The highest BCUT2D eigenvalue weighted by atomic mass is 32.2. The first-order chi connectivity index (χ1) is 14.3. The van der Waals surface area contributed by atoms with Gasteiger partial charge in [-0.05, 0) is 37.3 Å². The minimum Gasteiger partial charge on any atom is -0.508 e. The van der Waals surface area contributed by atoms with Crippen LogP contribution in [0.5, 0.6) is 5.75 Å². The maximum absolute atomic E-state index is 11.7. The first-order valence-electron chi connectivity index (χ1n) is 11.9. The Morgan fingerprint density at radius 2 is 1.33 bits per heavy atom. The van der Waals surface area contributed by atoms with Gasteiger partial charge in [-0.15, -0.1) is 0 Å². The summed E-state index contributed by atoms with van der Waals surface area (Å²) in [5.41, 5.74) is 7.29. The smallest absolute Gasteiger partial charge is 0.267 e. The lowest BCUT2D eigenvalue weighted by Gasteiger charge is -2.14. The number of unbranched alkanes of at least 4 members (excludes halogenated alkanes) is 11. The Morgan fingerprint density at radius 3 is 1.83 bits per heavy atom. The van der Waals surface area contributed by atoms with Crippen LogP contribution in [0.1, 0.15) is 109 Å². The Labute approximate surface area is 184 Å². The molecule has 30 heavy (non-hydrogen) atoms. The molecule has 4 N–H and O–H groups in total. The number of phenolic OH excluding ortho intramolecular Hbond substituents is 1. The predicted molar refractivity (Wildman–Crippen MR) is 126 cm³/mol. The molecule has 0 aromatic heterocycles. The molecule has 1 rings (SSSR count). The fraction of sp³-hybridized carbons (Fsp3) is 0.750. The molecule has 1 unspecified atom stereocenters. The first kappa shape index (κ1) is 26.8. The maximum Gasteiger partial charge on any atom is 0.267 e. The SMILES string of the molecule is CCCCCCCCCCCCCCC(CCCc1ccc(O)cc1N)S(=O)(=O)O. The molecular formula is C24H43NO4S. The number of anilines is 1. The van der Waals surface area contributed by atoms with Crippen LogP contribution in [0.15, 0.2) is 18.2 Å². The summed E-state index contributed by atoms with van der Waals surface area (Å²) in [4.78, 5) is 0. The zero-order chi connectivity index (χ0) is 22.2. The zero-order valence-electron chi connectivity index (χ0n) is 18.8. The largest absolute Gasteiger partial charge is 0.508 e. The van der Waals surface area contributed by atoms with Crippen LogP contribution >= 0.6 is 0 Å². The molecule has 0 aliphatic heterocycles. The predicted octanol–water partition coefficient (Wildman–Crippen LogP) is 6.64. The minimum atomic E-state index is -4.02. The van der Waals surface area contributed by atoms with Crippen molar-refractivity contribution in [2.75, 3.05) is 5.73 Å². The second-order valence-electron chi connectivity index (χ2n) is 8.59. The van der Waals surface area contributed by atoms with Crippen molar-refractivity contribution >= 4 is 15.8 Å². The zero-order valence-corrected chi connectivity index (χ0v) is 19.6. The van der Waals surface area contributed by atoms with Gasteiger partial charge in [-0.25, -0.2) is 0 Å². The van der Waals surface area contributed by atoms with Gasteiger partial charge in [0.15, 0.2) is 0 Å². The molecule has 0 aliphatic carbocycles. The molecular weight excluding hydrogens is 398 g/mol. The van der Waals surface area contributed by atoms with Gasteiger partial charge >= 0.3 is 0 Å². The average Bonchev–Trinajstić information content (AvgIpc) is 2.68. The summed E-state index contributed by atoms with van der Waals surface area (Å²) in [6, 6.07) is 4.85. The van der Waals surface area contributed by atoms with Gasteiger partial charge < -0.3 is 10.8 Å². The summed E-state index contributed by atoms with van der Waals surface area (Å²) in [5.74, 6) is 0.124. The van der Waals surface area contributed by atoms with Gasteiger partial charge in [-0.2, -0.15) is 8.42 Å². The number of hydrogen-bond donors (Lipinski definition) is 3. The first-order valence-corrected chi connectivity index (χ1v) is 13.4. The van der Waals surface area contributed by atoms with E-state index in [2.05, 4.69) is 6.92 Å². The van der Waals surface area contributed by atoms with Gasteiger partial charge in [0.1, 0.15) is 5.75 Å². The summed E-state index contributed by atoms with van der Waals surface area (Å²) >= 11 is 0. The molecule has 0 amide bonds. The molecule has 0 heterocycles. The van der Waals surface area contributed by atoms with Gasteiger partial charge in [0.2, 0.25) is 0 Å². The summed E-state index contributed by atoms with van der Waals surface area (Å²) in [6.45, 7) is 2.24. The number of hydrogen-bond acceptors (Lipinski definition) is 4. The Kier molecular flexibility index (Phi) is 13.8. The number of nitrogens with two attached hydrogens (primary N) is 1. The highest BCUT2D eigenvalue weighted by Crippen LogP contribution is 2.23. The van der Waals surface area contributed by atoms with Gasteiger partial charge in [0, 0.05) is 11.8 Å². The third kappa shape index (κ3) is 12.4. The third-order valence-electron chi connectivity index (χ3n) is 5.90. The molecule has 1 atom stereocenters. The molecule has 1 aromatic rings. The van der Waals surface area contributed by atoms with Crippen molar-refractivity contribution in [3.63, 3.8) is 0 Å². The molecule has 0 aliphatic rings. The van der Waals surface area contributed by atoms with Crippen LogP contribution in [0.25, 0.3) is 0 Å². The van der Waals surface area contributed by atoms with Crippen molar-refractivity contribution < 1.29 is 18.1 Å². The van der Waals surface area contributed by atoms with Gasteiger partial charge in [-0.3, -0.25) is 4.55 Å². The van der Waals surface area contributed by atoms with Crippen LogP contribution in [-0.4, -0.2) is 23.3 Å².